The summed E-state index contributed by atoms with van der Waals surface area (Å²) in [4.78, 5) is 11.8. The van der Waals surface area contributed by atoms with Crippen LogP contribution in [0.4, 0.5) is 10.1 Å². The average molecular weight is 252 g/mol. The van der Waals surface area contributed by atoms with E-state index in [1.54, 1.807) is 13.0 Å². The van der Waals surface area contributed by atoms with E-state index in [0.29, 0.717) is 5.69 Å². The van der Waals surface area contributed by atoms with Gasteiger partial charge in [-0.3, -0.25) is 4.79 Å². The molecule has 3 N–H and O–H groups in total. The molecule has 0 spiro atoms. The number of hydrogen-bond donors (Lipinski definition) is 2. The molecular formula is C14H21FN2O. The number of nitrogens with one attached hydrogen (secondary N) is 1. The standard InChI is InChI=1S/C14H21FN2O/c1-9-5-10(15)7-11(6-9)17-13(18)8-12(16)14(2,3)4/h5-7,12H,8,16H2,1-4H3,(H,17,18). The van der Waals surface area contributed by atoms with Crippen LogP contribution in [-0.2, 0) is 4.79 Å². The number of nitrogens with two attached hydrogens (primary N) is 1. The molecule has 1 aromatic carbocycles. The van der Waals surface area contributed by atoms with Crippen molar-refractivity contribution in [3.8, 4) is 0 Å². The molecule has 100 valence electrons. The molecule has 0 saturated heterocycles. The fraction of sp³-hybridized carbons (Fsp3) is 0.500. The highest BCUT2D eigenvalue weighted by molar-refractivity contribution is 5.91. The van der Waals surface area contributed by atoms with Crippen LogP contribution in [0.2, 0.25) is 0 Å². The summed E-state index contributed by atoms with van der Waals surface area (Å²) < 4.78 is 13.2. The zero-order valence-electron chi connectivity index (χ0n) is 11.4. The molecule has 0 aromatic heterocycles. The summed E-state index contributed by atoms with van der Waals surface area (Å²) >= 11 is 0. The van der Waals surface area contributed by atoms with Crippen molar-refractivity contribution in [1.29, 1.82) is 0 Å². The lowest BCUT2D eigenvalue weighted by atomic mass is 9.85. The van der Waals surface area contributed by atoms with Gasteiger partial charge in [-0.15, -0.1) is 0 Å². The number of hydrogen-bond acceptors (Lipinski definition) is 2. The Labute approximate surface area is 108 Å². The fourth-order valence-corrected chi connectivity index (χ4v) is 1.53. The quantitative estimate of drug-likeness (QED) is 0.869. The van der Waals surface area contributed by atoms with Crippen molar-refractivity contribution in [3.63, 3.8) is 0 Å². The number of aryl methyl sites for hydroxylation is 1. The summed E-state index contributed by atoms with van der Waals surface area (Å²) in [5.41, 5.74) is 7.04. The second kappa shape index (κ2) is 5.48. The third-order valence-electron chi connectivity index (χ3n) is 2.84. The minimum absolute atomic E-state index is 0.130. The lowest BCUT2D eigenvalue weighted by molar-refractivity contribution is -0.117. The number of halogens is 1. The van der Waals surface area contributed by atoms with E-state index in [0.717, 1.165) is 5.56 Å². The first-order valence-electron chi connectivity index (χ1n) is 6.01. The van der Waals surface area contributed by atoms with Crippen LogP contribution in [-0.4, -0.2) is 11.9 Å². The van der Waals surface area contributed by atoms with Crippen molar-refractivity contribution in [2.45, 2.75) is 40.2 Å². The molecule has 1 aromatic rings. The Morgan fingerprint density at radius 3 is 2.50 bits per heavy atom. The predicted molar refractivity (Wildman–Crippen MR) is 71.8 cm³/mol. The van der Waals surface area contributed by atoms with Crippen LogP contribution < -0.4 is 11.1 Å². The number of anilines is 1. The van der Waals surface area contributed by atoms with Crippen LogP contribution >= 0.6 is 0 Å². The van der Waals surface area contributed by atoms with Crippen LogP contribution in [0.15, 0.2) is 18.2 Å². The van der Waals surface area contributed by atoms with Gasteiger partial charge in [0.15, 0.2) is 0 Å². The van der Waals surface area contributed by atoms with Crippen molar-refractivity contribution >= 4 is 11.6 Å². The first kappa shape index (κ1) is 14.6. The average Bonchev–Trinajstić information content (AvgIpc) is 2.13. The Morgan fingerprint density at radius 1 is 1.39 bits per heavy atom. The summed E-state index contributed by atoms with van der Waals surface area (Å²) in [6.07, 6.45) is 0.221. The Hall–Kier alpha value is -1.42. The molecule has 1 rings (SSSR count). The third-order valence-corrected chi connectivity index (χ3v) is 2.84. The second-order valence-corrected chi connectivity index (χ2v) is 5.74. The predicted octanol–water partition coefficient (Wildman–Crippen LogP) is 2.84. The highest BCUT2D eigenvalue weighted by Gasteiger charge is 2.23. The van der Waals surface area contributed by atoms with Gasteiger partial charge in [0.1, 0.15) is 5.82 Å². The van der Waals surface area contributed by atoms with Gasteiger partial charge in [-0.2, -0.15) is 0 Å². The maximum Gasteiger partial charge on any atom is 0.225 e. The first-order chi connectivity index (χ1) is 8.18. The van der Waals surface area contributed by atoms with Crippen LogP contribution in [0, 0.1) is 18.2 Å². The van der Waals surface area contributed by atoms with Crippen molar-refractivity contribution in [2.24, 2.45) is 11.1 Å². The van der Waals surface area contributed by atoms with Crippen LogP contribution in [0.3, 0.4) is 0 Å². The van der Waals surface area contributed by atoms with E-state index in [1.807, 2.05) is 20.8 Å². The first-order valence-corrected chi connectivity index (χ1v) is 6.01. The van der Waals surface area contributed by atoms with Crippen molar-refractivity contribution in [2.75, 3.05) is 5.32 Å². The SMILES string of the molecule is Cc1cc(F)cc(NC(=O)CC(N)C(C)(C)C)c1. The van der Waals surface area contributed by atoms with Gasteiger partial charge in [-0.1, -0.05) is 20.8 Å². The Morgan fingerprint density at radius 2 is 2.00 bits per heavy atom. The smallest absolute Gasteiger partial charge is 0.225 e. The summed E-state index contributed by atoms with van der Waals surface area (Å²) in [7, 11) is 0. The molecule has 0 aliphatic heterocycles. The normalized spacial score (nSPS) is 13.2. The van der Waals surface area contributed by atoms with Gasteiger partial charge in [0.25, 0.3) is 0 Å². The van der Waals surface area contributed by atoms with E-state index in [9.17, 15) is 9.18 Å². The Balaban J connectivity index is 2.65. The molecule has 0 heterocycles. The summed E-state index contributed by atoms with van der Waals surface area (Å²) in [5.74, 6) is -0.548. The minimum Gasteiger partial charge on any atom is -0.327 e. The van der Waals surface area contributed by atoms with E-state index in [4.69, 9.17) is 5.73 Å². The molecule has 1 atom stereocenters. The van der Waals surface area contributed by atoms with E-state index >= 15 is 0 Å². The lowest BCUT2D eigenvalue weighted by Crippen LogP contribution is -2.38. The van der Waals surface area contributed by atoms with E-state index in [2.05, 4.69) is 5.32 Å². The number of carbonyl (C=O) groups is 1. The number of rotatable bonds is 3. The molecule has 1 unspecified atom stereocenters. The number of amides is 1. The molecule has 0 saturated carbocycles. The summed E-state index contributed by atoms with van der Waals surface area (Å²) in [6, 6.07) is 4.21. The summed E-state index contributed by atoms with van der Waals surface area (Å²) in [6.45, 7) is 7.73. The number of carbonyl (C=O) groups excluding carboxylic acids is 1. The number of benzene rings is 1. The fourth-order valence-electron chi connectivity index (χ4n) is 1.53. The molecular weight excluding hydrogens is 231 g/mol. The van der Waals surface area contributed by atoms with E-state index in [1.165, 1.54) is 12.1 Å². The molecule has 0 bridgehead atoms. The Kier molecular flexibility index (Phi) is 4.46. The summed E-state index contributed by atoms with van der Waals surface area (Å²) in [5, 5.41) is 2.67. The van der Waals surface area contributed by atoms with Gasteiger partial charge >= 0.3 is 0 Å². The molecule has 18 heavy (non-hydrogen) atoms. The van der Waals surface area contributed by atoms with Crippen molar-refractivity contribution in [3.05, 3.63) is 29.6 Å². The van der Waals surface area contributed by atoms with Crippen LogP contribution in [0.25, 0.3) is 0 Å². The van der Waals surface area contributed by atoms with Crippen molar-refractivity contribution < 1.29 is 9.18 Å². The highest BCUT2D eigenvalue weighted by Crippen LogP contribution is 2.20. The van der Waals surface area contributed by atoms with Gasteiger partial charge < -0.3 is 11.1 Å². The van der Waals surface area contributed by atoms with Gasteiger partial charge in [-0.25, -0.2) is 4.39 Å². The largest absolute Gasteiger partial charge is 0.327 e. The second-order valence-electron chi connectivity index (χ2n) is 5.74. The zero-order chi connectivity index (χ0) is 13.9. The molecule has 4 heteroatoms. The Bertz CT molecular complexity index is 418. The van der Waals surface area contributed by atoms with E-state index in [-0.39, 0.29) is 29.6 Å². The molecule has 0 aliphatic carbocycles. The molecule has 0 radical (unpaired) electrons. The van der Waals surface area contributed by atoms with Crippen LogP contribution in [0.1, 0.15) is 32.8 Å². The van der Waals surface area contributed by atoms with E-state index < -0.39 is 0 Å². The van der Waals surface area contributed by atoms with Gasteiger partial charge in [0.2, 0.25) is 5.91 Å². The van der Waals surface area contributed by atoms with Gasteiger partial charge in [0, 0.05) is 18.2 Å². The zero-order valence-corrected chi connectivity index (χ0v) is 11.4. The third kappa shape index (κ3) is 4.45. The van der Waals surface area contributed by atoms with Crippen LogP contribution in [0.5, 0.6) is 0 Å². The molecule has 0 aliphatic rings. The highest BCUT2D eigenvalue weighted by atomic mass is 19.1. The maximum atomic E-state index is 13.2. The topological polar surface area (TPSA) is 55.1 Å². The molecule has 3 nitrogen and oxygen atoms in total. The van der Waals surface area contributed by atoms with Gasteiger partial charge in [-0.05, 0) is 36.1 Å². The van der Waals surface area contributed by atoms with Crippen molar-refractivity contribution in [1.82, 2.24) is 0 Å². The molecule has 1 amide bonds. The maximum absolute atomic E-state index is 13.2. The molecule has 0 fully saturated rings. The lowest BCUT2D eigenvalue weighted by Gasteiger charge is -2.26. The minimum atomic E-state index is -0.356. The monoisotopic (exact) mass is 252 g/mol. The van der Waals surface area contributed by atoms with Gasteiger partial charge in [0.05, 0.1) is 0 Å².